The topological polar surface area (TPSA) is 71.6 Å². The van der Waals surface area contributed by atoms with Gasteiger partial charge in [0.25, 0.3) is 5.91 Å². The molecule has 0 spiro atoms. The average Bonchev–Trinajstić information content (AvgIpc) is 3.29. The number of halogens is 1. The Balaban J connectivity index is 1.32. The summed E-state index contributed by atoms with van der Waals surface area (Å²) in [6.45, 7) is 0.709. The van der Waals surface area contributed by atoms with Gasteiger partial charge in [-0.1, -0.05) is 35.9 Å². The Kier molecular flexibility index (Phi) is 5.02. The van der Waals surface area contributed by atoms with Crippen LogP contribution in [0.5, 0.6) is 11.5 Å². The lowest BCUT2D eigenvalue weighted by molar-refractivity contribution is 0.0948. The number of fused-ring (bicyclic) bond motifs is 2. The highest BCUT2D eigenvalue weighted by Crippen LogP contribution is 2.35. The molecule has 0 fully saturated rings. The van der Waals surface area contributed by atoms with Gasteiger partial charge >= 0.3 is 0 Å². The van der Waals surface area contributed by atoms with Gasteiger partial charge in [0.1, 0.15) is 4.88 Å². The van der Waals surface area contributed by atoms with Crippen LogP contribution in [0.15, 0.2) is 42.5 Å². The molecule has 0 bridgehead atoms. The quantitative estimate of drug-likeness (QED) is 0.445. The van der Waals surface area contributed by atoms with Crippen molar-refractivity contribution < 1.29 is 14.3 Å². The number of thiocarbonyl (C=S) groups is 1. The van der Waals surface area contributed by atoms with E-state index in [1.54, 1.807) is 0 Å². The van der Waals surface area contributed by atoms with Crippen LogP contribution in [0.2, 0.25) is 5.02 Å². The molecule has 1 amide bonds. The van der Waals surface area contributed by atoms with Gasteiger partial charge in [-0.2, -0.15) is 0 Å². The third-order valence-corrected chi connectivity index (χ3v) is 5.84. The zero-order chi connectivity index (χ0) is 18.8. The van der Waals surface area contributed by atoms with Crippen molar-refractivity contribution in [1.29, 1.82) is 0 Å². The fourth-order valence-electron chi connectivity index (χ4n) is 2.61. The Bertz CT molecular complexity index is 1040. The first-order chi connectivity index (χ1) is 13.1. The summed E-state index contributed by atoms with van der Waals surface area (Å²) in [7, 11) is 0. The van der Waals surface area contributed by atoms with Crippen molar-refractivity contribution in [3.05, 3.63) is 57.9 Å². The van der Waals surface area contributed by atoms with E-state index < -0.39 is 0 Å². The molecule has 3 N–H and O–H groups in total. The van der Waals surface area contributed by atoms with Gasteiger partial charge in [-0.25, -0.2) is 0 Å². The van der Waals surface area contributed by atoms with Crippen LogP contribution in [0.3, 0.4) is 0 Å². The number of amides is 1. The molecule has 1 aliphatic rings. The lowest BCUT2D eigenvalue weighted by Crippen LogP contribution is -2.46. The molecule has 0 aliphatic carbocycles. The van der Waals surface area contributed by atoms with Gasteiger partial charge in [-0.15, -0.1) is 11.3 Å². The normalized spacial score (nSPS) is 12.0. The molecule has 0 radical (unpaired) electrons. The fraction of sp³-hybridized carbons (Fsp3) is 0.111. The van der Waals surface area contributed by atoms with E-state index in [1.165, 1.54) is 11.3 Å². The highest BCUT2D eigenvalue weighted by Gasteiger charge is 2.17. The summed E-state index contributed by atoms with van der Waals surface area (Å²) in [5.74, 6) is 1.10. The minimum absolute atomic E-state index is 0.235. The number of benzene rings is 2. The van der Waals surface area contributed by atoms with Gasteiger partial charge in [-0.3, -0.25) is 15.6 Å². The van der Waals surface area contributed by atoms with Crippen LogP contribution < -0.4 is 25.6 Å². The van der Waals surface area contributed by atoms with Crippen LogP contribution in [0.4, 0.5) is 0 Å². The second-order valence-electron chi connectivity index (χ2n) is 5.69. The highest BCUT2D eigenvalue weighted by molar-refractivity contribution is 7.80. The lowest BCUT2D eigenvalue weighted by Gasteiger charge is -2.11. The standard InChI is InChI=1S/C18H14ClN3O3S2/c19-15-11-3-1-2-4-14(11)27-16(15)17(23)21-22-18(26)20-8-10-5-6-12-13(7-10)25-9-24-12/h1-7H,8-9H2,(H,21,23)(H2,20,22,26). The number of ether oxygens (including phenoxy) is 2. The zero-order valence-electron chi connectivity index (χ0n) is 13.9. The average molecular weight is 420 g/mol. The Labute approximate surface area is 169 Å². The molecule has 0 atom stereocenters. The third kappa shape index (κ3) is 3.78. The second-order valence-corrected chi connectivity index (χ2v) is 7.53. The van der Waals surface area contributed by atoms with Crippen LogP contribution in [-0.2, 0) is 6.54 Å². The fourth-order valence-corrected chi connectivity index (χ4v) is 4.14. The number of thiophene rings is 1. The molecular formula is C18H14ClN3O3S2. The maximum Gasteiger partial charge on any atom is 0.281 e. The Morgan fingerprint density at radius 2 is 1.96 bits per heavy atom. The maximum atomic E-state index is 12.4. The molecule has 27 heavy (non-hydrogen) atoms. The second kappa shape index (κ2) is 7.59. The Morgan fingerprint density at radius 3 is 2.81 bits per heavy atom. The number of carbonyl (C=O) groups excluding carboxylic acids is 1. The molecule has 138 valence electrons. The summed E-state index contributed by atoms with van der Waals surface area (Å²) in [4.78, 5) is 12.8. The summed E-state index contributed by atoms with van der Waals surface area (Å²) >= 11 is 12.8. The number of hydrogen-bond donors (Lipinski definition) is 3. The molecule has 6 nitrogen and oxygen atoms in total. The van der Waals surface area contributed by atoms with Gasteiger partial charge in [0.05, 0.1) is 5.02 Å². The number of carbonyl (C=O) groups is 1. The first-order valence-electron chi connectivity index (χ1n) is 8.01. The van der Waals surface area contributed by atoms with Crippen LogP contribution in [0.1, 0.15) is 15.2 Å². The largest absolute Gasteiger partial charge is 0.454 e. The molecule has 0 unspecified atom stereocenters. The lowest BCUT2D eigenvalue weighted by atomic mass is 10.2. The maximum absolute atomic E-state index is 12.4. The van der Waals surface area contributed by atoms with E-state index in [9.17, 15) is 4.79 Å². The summed E-state index contributed by atoms with van der Waals surface area (Å²) in [5.41, 5.74) is 6.23. The molecule has 4 rings (SSSR count). The molecule has 0 saturated heterocycles. The minimum atomic E-state index is -0.339. The van der Waals surface area contributed by atoms with Crippen molar-refractivity contribution in [1.82, 2.24) is 16.2 Å². The summed E-state index contributed by atoms with van der Waals surface area (Å²) < 4.78 is 11.6. The van der Waals surface area contributed by atoms with Gasteiger partial charge in [0.15, 0.2) is 16.6 Å². The van der Waals surface area contributed by atoms with Crippen molar-refractivity contribution >= 4 is 56.3 Å². The predicted molar refractivity (Wildman–Crippen MR) is 109 cm³/mol. The molecule has 3 aromatic rings. The van der Waals surface area contributed by atoms with E-state index in [0.29, 0.717) is 27.3 Å². The molecule has 1 aromatic heterocycles. The predicted octanol–water partition coefficient (Wildman–Crippen LogP) is 3.59. The van der Waals surface area contributed by atoms with E-state index >= 15 is 0 Å². The van der Waals surface area contributed by atoms with Crippen molar-refractivity contribution in [2.45, 2.75) is 6.54 Å². The van der Waals surface area contributed by atoms with Gasteiger partial charge in [-0.05, 0) is 36.0 Å². The van der Waals surface area contributed by atoms with Crippen LogP contribution >= 0.6 is 35.2 Å². The summed E-state index contributed by atoms with van der Waals surface area (Å²) in [5, 5.41) is 4.61. The number of rotatable bonds is 3. The minimum Gasteiger partial charge on any atom is -0.454 e. The van der Waals surface area contributed by atoms with Crippen LogP contribution in [0, 0.1) is 0 Å². The number of hydrazine groups is 1. The first-order valence-corrected chi connectivity index (χ1v) is 9.62. The Hall–Kier alpha value is -2.55. The SMILES string of the molecule is O=C(NNC(=S)NCc1ccc2c(c1)OCO2)c1sc2ccccc2c1Cl. The zero-order valence-corrected chi connectivity index (χ0v) is 16.3. The van der Waals surface area contributed by atoms with Crippen LogP contribution in [-0.4, -0.2) is 17.8 Å². The van der Waals surface area contributed by atoms with Crippen molar-refractivity contribution in [2.24, 2.45) is 0 Å². The van der Waals surface area contributed by atoms with E-state index in [2.05, 4.69) is 16.2 Å². The monoisotopic (exact) mass is 419 g/mol. The van der Waals surface area contributed by atoms with E-state index in [0.717, 1.165) is 21.4 Å². The van der Waals surface area contributed by atoms with Gasteiger partial charge < -0.3 is 14.8 Å². The molecule has 1 aliphatic heterocycles. The first kappa shape index (κ1) is 17.8. The third-order valence-electron chi connectivity index (χ3n) is 3.92. The van der Waals surface area contributed by atoms with E-state index in [1.807, 2.05) is 42.5 Å². The van der Waals surface area contributed by atoms with Gasteiger partial charge in [0.2, 0.25) is 6.79 Å². The van der Waals surface area contributed by atoms with Crippen molar-refractivity contribution in [3.8, 4) is 11.5 Å². The molecule has 2 aromatic carbocycles. The summed E-state index contributed by atoms with van der Waals surface area (Å²) in [6, 6.07) is 13.2. The van der Waals surface area contributed by atoms with Crippen LogP contribution in [0.25, 0.3) is 10.1 Å². The van der Waals surface area contributed by atoms with Crippen molar-refractivity contribution in [3.63, 3.8) is 0 Å². The molecular weight excluding hydrogens is 406 g/mol. The van der Waals surface area contributed by atoms with Crippen molar-refractivity contribution in [2.75, 3.05) is 6.79 Å². The van der Waals surface area contributed by atoms with Gasteiger partial charge in [0, 0.05) is 16.6 Å². The van der Waals surface area contributed by atoms with E-state index in [4.69, 9.17) is 33.3 Å². The smallest absolute Gasteiger partial charge is 0.281 e. The number of nitrogens with one attached hydrogen (secondary N) is 3. The molecule has 2 heterocycles. The molecule has 0 saturated carbocycles. The Morgan fingerprint density at radius 1 is 1.15 bits per heavy atom. The summed E-state index contributed by atoms with van der Waals surface area (Å²) in [6.07, 6.45) is 0. The molecule has 9 heteroatoms. The highest BCUT2D eigenvalue weighted by atomic mass is 35.5. The number of hydrogen-bond acceptors (Lipinski definition) is 5. The van der Waals surface area contributed by atoms with E-state index in [-0.39, 0.29) is 12.7 Å².